The molecule has 4 aromatic carbocycles. The highest BCUT2D eigenvalue weighted by Crippen LogP contribution is 2.42. The zero-order valence-electron chi connectivity index (χ0n) is 40.1. The first-order valence-electron chi connectivity index (χ1n) is 23.0. The molecule has 406 valence electrons. The van der Waals surface area contributed by atoms with Gasteiger partial charge in [-0.25, -0.2) is 0 Å². The van der Waals surface area contributed by atoms with Gasteiger partial charge in [-0.2, -0.15) is 0 Å². The Morgan fingerprint density at radius 1 is 0.360 bits per heavy atom. The molecule has 27 nitrogen and oxygen atoms in total. The van der Waals surface area contributed by atoms with Crippen molar-refractivity contribution in [2.75, 3.05) is 32.7 Å². The number of nitrogens with one attached hydrogen (secondary N) is 4. The summed E-state index contributed by atoms with van der Waals surface area (Å²) in [6, 6.07) is 4.67. The van der Waals surface area contributed by atoms with E-state index in [1.54, 1.807) is 0 Å². The average molecular weight is 1050 g/mol. The molecular weight excluding hydrogens is 993 g/mol. The SMILES string of the molecule is NCCCC[C@](NC(=O)c1cc(O)c(O)c(O)c1)(C(=O)N[C@@](CCCCN)(C(=O)NCCN)C(=O)[C@](CCCCN)(NC(=O)c1cc(O)c(O)c(O)c1)C(=O)c1cc(O)c(O)c(O)c1)C(=O)c1cc(O)c(O)c(O)c1. The maximum Gasteiger partial charge on any atom is 0.255 e. The summed E-state index contributed by atoms with van der Waals surface area (Å²) in [4.78, 5) is 107. The van der Waals surface area contributed by atoms with Crippen LogP contribution in [0.2, 0.25) is 0 Å². The number of ketones is 3. The van der Waals surface area contributed by atoms with Gasteiger partial charge in [-0.1, -0.05) is 0 Å². The van der Waals surface area contributed by atoms with E-state index < -0.39 is 175 Å². The summed E-state index contributed by atoms with van der Waals surface area (Å²) in [6.07, 6.45) is -3.82. The number of phenols is 12. The third kappa shape index (κ3) is 12.5. The summed E-state index contributed by atoms with van der Waals surface area (Å²) < 4.78 is 0. The maximum absolute atomic E-state index is 16.4. The van der Waals surface area contributed by atoms with Crippen molar-refractivity contribution in [1.82, 2.24) is 21.3 Å². The van der Waals surface area contributed by atoms with Gasteiger partial charge in [0, 0.05) is 35.3 Å². The second-order valence-electron chi connectivity index (χ2n) is 17.3. The minimum absolute atomic E-state index is 0.0396. The van der Waals surface area contributed by atoms with Gasteiger partial charge in [-0.15, -0.1) is 0 Å². The molecule has 0 aliphatic heterocycles. The van der Waals surface area contributed by atoms with Crippen LogP contribution in [0.15, 0.2) is 48.5 Å². The van der Waals surface area contributed by atoms with Crippen LogP contribution in [-0.4, -0.2) is 152 Å². The summed E-state index contributed by atoms with van der Waals surface area (Å²) in [5, 5.41) is 134. The minimum Gasteiger partial charge on any atom is -0.504 e. The summed E-state index contributed by atoms with van der Waals surface area (Å²) in [5.74, 6) is -24.6. The van der Waals surface area contributed by atoms with Crippen molar-refractivity contribution in [1.29, 1.82) is 0 Å². The number of unbranched alkanes of at least 4 members (excludes halogenated alkanes) is 3. The number of hydrogen-bond donors (Lipinski definition) is 20. The van der Waals surface area contributed by atoms with Gasteiger partial charge in [0.1, 0.15) is 0 Å². The molecule has 0 spiro atoms. The number of hydrogen-bond acceptors (Lipinski definition) is 23. The largest absolute Gasteiger partial charge is 0.504 e. The van der Waals surface area contributed by atoms with Crippen LogP contribution in [0.1, 0.15) is 99.2 Å². The van der Waals surface area contributed by atoms with Gasteiger partial charge >= 0.3 is 0 Å². The highest BCUT2D eigenvalue weighted by Gasteiger charge is 2.61. The Morgan fingerprint density at radius 3 is 0.987 bits per heavy atom. The van der Waals surface area contributed by atoms with Gasteiger partial charge in [0.15, 0.2) is 97.2 Å². The Morgan fingerprint density at radius 2 is 0.653 bits per heavy atom. The van der Waals surface area contributed by atoms with Gasteiger partial charge < -0.3 is 105 Å². The van der Waals surface area contributed by atoms with Crippen molar-refractivity contribution in [3.8, 4) is 69.0 Å². The van der Waals surface area contributed by atoms with E-state index in [0.717, 1.165) is 0 Å². The topological polar surface area (TPSA) is 514 Å². The Labute approximate surface area is 426 Å². The first kappa shape index (κ1) is 58.8. The molecule has 0 aromatic heterocycles. The van der Waals surface area contributed by atoms with E-state index in [4.69, 9.17) is 22.9 Å². The third-order valence-electron chi connectivity index (χ3n) is 12.1. The van der Waals surface area contributed by atoms with E-state index in [1.165, 1.54) is 0 Å². The fourth-order valence-electron chi connectivity index (χ4n) is 8.09. The van der Waals surface area contributed by atoms with Crippen LogP contribution >= 0.6 is 0 Å². The molecule has 4 amide bonds. The van der Waals surface area contributed by atoms with E-state index in [0.29, 0.717) is 48.5 Å². The fraction of sp³-hybridized carbons (Fsp3) is 0.354. The van der Waals surface area contributed by atoms with Crippen LogP contribution in [0.5, 0.6) is 69.0 Å². The lowest BCUT2D eigenvalue weighted by Crippen LogP contribution is -2.77. The molecule has 0 aliphatic rings. The number of benzene rings is 4. The number of aromatic hydroxyl groups is 12. The molecule has 0 fully saturated rings. The van der Waals surface area contributed by atoms with Crippen molar-refractivity contribution >= 4 is 41.0 Å². The second-order valence-corrected chi connectivity index (χ2v) is 17.3. The molecule has 3 atom stereocenters. The zero-order valence-corrected chi connectivity index (χ0v) is 40.1. The number of nitrogens with two attached hydrogens (primary N) is 4. The van der Waals surface area contributed by atoms with Crippen LogP contribution < -0.4 is 44.2 Å². The first-order chi connectivity index (χ1) is 35.3. The standard InChI is InChI=1S/C48H60N8O19/c49-10-4-1-7-46(39(69)23-15-27(57)35(65)28(58)16-23,54-41(71)25-19-31(61)37(67)32(62)20-25)43(73)48(9-3-6-12-51,44(74)53-14-13-52)56-45(75)47(8-2-5-11-50,40(70)24-17-29(59)36(66)30(60)18-24)55-42(72)26-21-33(63)38(68)34(64)22-26/h15-22,57-68H,1-14,49-52H2,(H,53,74)(H,54,71)(H,55,72)(H,56,75)/t46-,47-,48-/m1/s1. The Bertz CT molecular complexity index is 2750. The Balaban J connectivity index is 2.23. The quantitative estimate of drug-likeness (QED) is 0.0154. The lowest BCUT2D eigenvalue weighted by atomic mass is 9.70. The summed E-state index contributed by atoms with van der Waals surface area (Å²) in [6.45, 7) is -1.28. The smallest absolute Gasteiger partial charge is 0.255 e. The molecular formula is C48H60N8O19. The molecule has 4 aromatic rings. The highest BCUT2D eigenvalue weighted by molar-refractivity contribution is 6.30. The number of phenolic OH excluding ortho intramolecular Hbond substituents is 12. The van der Waals surface area contributed by atoms with Crippen molar-refractivity contribution in [2.45, 2.75) is 74.4 Å². The Kier molecular flexibility index (Phi) is 19.4. The molecule has 0 saturated heterocycles. The van der Waals surface area contributed by atoms with Gasteiger partial charge in [0.05, 0.1) is 0 Å². The third-order valence-corrected chi connectivity index (χ3v) is 12.1. The van der Waals surface area contributed by atoms with Crippen molar-refractivity contribution in [2.24, 2.45) is 22.9 Å². The molecule has 0 bridgehead atoms. The molecule has 0 unspecified atom stereocenters. The molecule has 0 heterocycles. The zero-order chi connectivity index (χ0) is 56.2. The number of carbonyl (C=O) groups is 7. The molecule has 4 rings (SSSR count). The van der Waals surface area contributed by atoms with Crippen LogP contribution in [0.25, 0.3) is 0 Å². The predicted octanol–water partition coefficient (Wildman–Crippen LogP) is -0.557. The van der Waals surface area contributed by atoms with Gasteiger partial charge in [-0.05, 0) is 126 Å². The highest BCUT2D eigenvalue weighted by atomic mass is 16.3. The van der Waals surface area contributed by atoms with E-state index in [1.807, 2.05) is 0 Å². The van der Waals surface area contributed by atoms with Gasteiger partial charge in [0.25, 0.3) is 23.6 Å². The number of carbonyl (C=O) groups excluding carboxylic acids is 7. The van der Waals surface area contributed by atoms with Crippen molar-refractivity contribution < 1.29 is 94.8 Å². The van der Waals surface area contributed by atoms with Crippen LogP contribution in [0, 0.1) is 0 Å². The normalized spacial score (nSPS) is 13.5. The van der Waals surface area contributed by atoms with Crippen LogP contribution in [-0.2, 0) is 14.4 Å². The maximum atomic E-state index is 16.4. The first-order valence-corrected chi connectivity index (χ1v) is 23.0. The summed E-state index contributed by atoms with van der Waals surface area (Å²) in [7, 11) is 0. The van der Waals surface area contributed by atoms with E-state index >= 15 is 24.0 Å². The number of amides is 4. The molecule has 75 heavy (non-hydrogen) atoms. The molecule has 0 radical (unpaired) electrons. The number of Topliss-reactive ketones (excluding diaryl/α,β-unsaturated/α-hetero) is 3. The average Bonchev–Trinajstić information content (AvgIpc) is 3.37. The van der Waals surface area contributed by atoms with Crippen molar-refractivity contribution in [3.63, 3.8) is 0 Å². The van der Waals surface area contributed by atoms with Gasteiger partial charge in [-0.3, -0.25) is 33.6 Å². The molecule has 0 saturated carbocycles. The predicted molar refractivity (Wildman–Crippen MR) is 261 cm³/mol. The van der Waals surface area contributed by atoms with Crippen LogP contribution in [0.3, 0.4) is 0 Å². The molecule has 27 heteroatoms. The summed E-state index contributed by atoms with van der Waals surface area (Å²) in [5.41, 5.74) is 10.2. The summed E-state index contributed by atoms with van der Waals surface area (Å²) >= 11 is 0. The monoisotopic (exact) mass is 1050 g/mol. The minimum atomic E-state index is -3.31. The van der Waals surface area contributed by atoms with E-state index in [9.17, 15) is 70.9 Å². The number of rotatable bonds is 27. The lowest BCUT2D eigenvalue weighted by Gasteiger charge is -2.43. The lowest BCUT2D eigenvalue weighted by molar-refractivity contribution is -0.146. The fourth-order valence-corrected chi connectivity index (χ4v) is 8.09. The van der Waals surface area contributed by atoms with E-state index in [-0.39, 0.29) is 64.7 Å². The van der Waals surface area contributed by atoms with Gasteiger partial charge in [0.2, 0.25) is 5.78 Å². The van der Waals surface area contributed by atoms with E-state index in [2.05, 4.69) is 21.3 Å². The van der Waals surface area contributed by atoms with Crippen LogP contribution in [0.4, 0.5) is 0 Å². The van der Waals surface area contributed by atoms with Crippen molar-refractivity contribution in [3.05, 3.63) is 70.8 Å². The molecule has 0 aliphatic carbocycles. The Hall–Kier alpha value is -8.79. The molecule has 24 N–H and O–H groups in total. The second kappa shape index (κ2) is 24.8.